The molecule has 0 saturated carbocycles. The number of nitrogens with zero attached hydrogens (tertiary/aromatic N) is 2. The van der Waals surface area contributed by atoms with Gasteiger partial charge in [-0.3, -0.25) is 14.3 Å². The van der Waals surface area contributed by atoms with Gasteiger partial charge in [0.25, 0.3) is 5.56 Å². The van der Waals surface area contributed by atoms with Gasteiger partial charge in [0.2, 0.25) is 0 Å². The summed E-state index contributed by atoms with van der Waals surface area (Å²) in [4.78, 5) is 16.7. The lowest BCUT2D eigenvalue weighted by atomic mass is 10.1. The van der Waals surface area contributed by atoms with Crippen molar-refractivity contribution in [3.05, 3.63) is 76.8 Å². The van der Waals surface area contributed by atoms with Gasteiger partial charge < -0.3 is 4.74 Å². The Morgan fingerprint density at radius 3 is 2.71 bits per heavy atom. The van der Waals surface area contributed by atoms with Crippen molar-refractivity contribution in [2.45, 2.75) is 6.61 Å². The van der Waals surface area contributed by atoms with Crippen molar-refractivity contribution >= 4 is 0 Å². The summed E-state index contributed by atoms with van der Waals surface area (Å²) in [5.74, 6) is 0.753. The lowest BCUT2D eigenvalue weighted by Gasteiger charge is -2.23. The molecule has 1 aromatic carbocycles. The van der Waals surface area contributed by atoms with Crippen molar-refractivity contribution in [3.63, 3.8) is 0 Å². The number of fused-ring (bicyclic) bond motifs is 3. The average Bonchev–Trinajstić information content (AvgIpc) is 2.55. The third-order valence-corrected chi connectivity index (χ3v) is 3.60. The number of hydrogen-bond donors (Lipinski definition) is 0. The highest BCUT2D eigenvalue weighted by molar-refractivity contribution is 5.70. The molecule has 4 nitrogen and oxygen atoms in total. The molecular weight excluding hydrogens is 264 g/mol. The Morgan fingerprint density at radius 1 is 1.00 bits per heavy atom. The number of rotatable bonds is 1. The third kappa shape index (κ3) is 1.84. The molecule has 0 N–H and O–H groups in total. The molecule has 0 unspecified atom stereocenters. The molecule has 102 valence electrons. The highest BCUT2D eigenvalue weighted by atomic mass is 16.5. The van der Waals surface area contributed by atoms with E-state index in [-0.39, 0.29) is 5.56 Å². The summed E-state index contributed by atoms with van der Waals surface area (Å²) in [6.45, 7) is 0.360. The minimum Gasteiger partial charge on any atom is -0.485 e. The quantitative estimate of drug-likeness (QED) is 0.686. The Balaban J connectivity index is 2.02. The lowest BCUT2D eigenvalue weighted by Crippen LogP contribution is -2.24. The molecule has 3 heterocycles. The molecule has 0 bridgehead atoms. The van der Waals surface area contributed by atoms with Crippen LogP contribution < -0.4 is 10.3 Å². The molecule has 0 amide bonds. The van der Waals surface area contributed by atoms with Crippen molar-refractivity contribution < 1.29 is 4.74 Å². The number of pyridine rings is 2. The van der Waals surface area contributed by atoms with Crippen LogP contribution in [0, 0.1) is 0 Å². The van der Waals surface area contributed by atoms with Gasteiger partial charge in [0.1, 0.15) is 18.1 Å². The molecule has 0 atom stereocenters. The summed E-state index contributed by atoms with van der Waals surface area (Å²) in [7, 11) is 0. The van der Waals surface area contributed by atoms with E-state index in [1.54, 1.807) is 16.8 Å². The van der Waals surface area contributed by atoms with Gasteiger partial charge >= 0.3 is 0 Å². The Kier molecular flexibility index (Phi) is 2.60. The second-order valence-electron chi connectivity index (χ2n) is 4.84. The summed E-state index contributed by atoms with van der Waals surface area (Å²) in [6, 6.07) is 16.7. The van der Waals surface area contributed by atoms with Crippen molar-refractivity contribution in [1.82, 2.24) is 9.55 Å². The first kappa shape index (κ1) is 11.9. The van der Waals surface area contributed by atoms with E-state index in [0.717, 1.165) is 28.4 Å². The van der Waals surface area contributed by atoms with Gasteiger partial charge in [-0.05, 0) is 30.3 Å². The zero-order chi connectivity index (χ0) is 14.2. The van der Waals surface area contributed by atoms with Crippen LogP contribution in [0.3, 0.4) is 0 Å². The molecule has 4 heteroatoms. The van der Waals surface area contributed by atoms with Crippen molar-refractivity contribution in [3.8, 4) is 22.7 Å². The number of para-hydroxylation sites is 1. The molecule has 0 saturated heterocycles. The van der Waals surface area contributed by atoms with E-state index in [2.05, 4.69) is 4.98 Å². The summed E-state index contributed by atoms with van der Waals surface area (Å²) in [5.41, 5.74) is 3.33. The van der Waals surface area contributed by atoms with Gasteiger partial charge in [0.15, 0.2) is 0 Å². The van der Waals surface area contributed by atoms with Crippen LogP contribution in [0.4, 0.5) is 0 Å². The number of aromatic nitrogens is 2. The van der Waals surface area contributed by atoms with Crippen LogP contribution in [0.2, 0.25) is 0 Å². The van der Waals surface area contributed by atoms with Crippen LogP contribution in [-0.2, 0) is 6.61 Å². The van der Waals surface area contributed by atoms with E-state index in [0.29, 0.717) is 6.61 Å². The Hall–Kier alpha value is -2.88. The molecule has 0 radical (unpaired) electrons. The molecule has 21 heavy (non-hydrogen) atoms. The summed E-state index contributed by atoms with van der Waals surface area (Å²) in [5, 5.41) is 0. The predicted octanol–water partition coefficient (Wildman–Crippen LogP) is 2.79. The maximum atomic E-state index is 12.3. The molecule has 1 aliphatic heterocycles. The zero-order valence-corrected chi connectivity index (χ0v) is 11.2. The Bertz CT molecular complexity index is 869. The first-order valence-electron chi connectivity index (χ1n) is 6.73. The largest absolute Gasteiger partial charge is 0.485 e. The molecule has 2 aromatic heterocycles. The SMILES string of the molecule is O=c1ccc2c(n1-c1ccccc1)COc1cccnc1-2. The second-order valence-corrected chi connectivity index (χ2v) is 4.84. The Labute approximate surface area is 121 Å². The van der Waals surface area contributed by atoms with E-state index < -0.39 is 0 Å². The van der Waals surface area contributed by atoms with Crippen LogP contribution in [0.5, 0.6) is 5.75 Å². The molecular formula is C17H12N2O2. The molecule has 0 fully saturated rings. The Morgan fingerprint density at radius 2 is 1.86 bits per heavy atom. The molecule has 4 rings (SSSR count). The molecule has 1 aliphatic rings. The monoisotopic (exact) mass is 276 g/mol. The van der Waals surface area contributed by atoms with Crippen LogP contribution in [0.1, 0.15) is 5.69 Å². The first-order valence-corrected chi connectivity index (χ1v) is 6.73. The average molecular weight is 276 g/mol. The topological polar surface area (TPSA) is 44.1 Å². The minimum atomic E-state index is -0.0667. The minimum absolute atomic E-state index is 0.0667. The van der Waals surface area contributed by atoms with Gasteiger partial charge in [-0.2, -0.15) is 0 Å². The predicted molar refractivity (Wildman–Crippen MR) is 79.6 cm³/mol. The normalized spacial score (nSPS) is 12.2. The molecule has 0 spiro atoms. The van der Waals surface area contributed by atoms with Crippen LogP contribution in [0.15, 0.2) is 65.6 Å². The highest BCUT2D eigenvalue weighted by Gasteiger charge is 2.22. The van der Waals surface area contributed by atoms with E-state index in [4.69, 9.17) is 4.74 Å². The molecule has 0 aliphatic carbocycles. The van der Waals surface area contributed by atoms with Crippen LogP contribution in [0.25, 0.3) is 16.9 Å². The summed E-state index contributed by atoms with van der Waals surface area (Å²) >= 11 is 0. The van der Waals surface area contributed by atoms with Crippen molar-refractivity contribution in [2.75, 3.05) is 0 Å². The van der Waals surface area contributed by atoms with E-state index in [1.807, 2.05) is 48.5 Å². The van der Waals surface area contributed by atoms with Gasteiger partial charge in [-0.15, -0.1) is 0 Å². The van der Waals surface area contributed by atoms with E-state index in [1.165, 1.54) is 0 Å². The number of ether oxygens (including phenoxy) is 1. The van der Waals surface area contributed by atoms with E-state index >= 15 is 0 Å². The number of benzene rings is 1. The lowest BCUT2D eigenvalue weighted by molar-refractivity contribution is 0.292. The smallest absolute Gasteiger partial charge is 0.255 e. The van der Waals surface area contributed by atoms with Crippen LogP contribution in [-0.4, -0.2) is 9.55 Å². The van der Waals surface area contributed by atoms with E-state index in [9.17, 15) is 4.79 Å². The fraction of sp³-hybridized carbons (Fsp3) is 0.0588. The fourth-order valence-electron chi connectivity index (χ4n) is 2.65. The highest BCUT2D eigenvalue weighted by Crippen LogP contribution is 2.35. The fourth-order valence-corrected chi connectivity index (χ4v) is 2.65. The summed E-state index contributed by atoms with van der Waals surface area (Å²) in [6.07, 6.45) is 1.73. The van der Waals surface area contributed by atoms with Gasteiger partial charge in [-0.1, -0.05) is 18.2 Å². The van der Waals surface area contributed by atoms with Crippen LogP contribution >= 0.6 is 0 Å². The van der Waals surface area contributed by atoms with Gasteiger partial charge in [-0.25, -0.2) is 0 Å². The maximum absolute atomic E-state index is 12.3. The maximum Gasteiger partial charge on any atom is 0.255 e. The summed E-state index contributed by atoms with van der Waals surface area (Å²) < 4.78 is 7.43. The zero-order valence-electron chi connectivity index (χ0n) is 11.2. The van der Waals surface area contributed by atoms with Crippen molar-refractivity contribution in [2.24, 2.45) is 0 Å². The third-order valence-electron chi connectivity index (χ3n) is 3.60. The first-order chi connectivity index (χ1) is 10.3. The number of hydrogen-bond acceptors (Lipinski definition) is 3. The van der Waals surface area contributed by atoms with Gasteiger partial charge in [0.05, 0.1) is 5.69 Å². The van der Waals surface area contributed by atoms with Crippen molar-refractivity contribution in [1.29, 1.82) is 0 Å². The standard InChI is InChI=1S/C17H12N2O2/c20-16-9-8-13-14(19(16)12-5-2-1-3-6-12)11-21-15-7-4-10-18-17(13)15/h1-10H,11H2. The molecule has 3 aromatic rings. The van der Waals surface area contributed by atoms with Gasteiger partial charge in [0, 0.05) is 23.5 Å². The second kappa shape index (κ2) is 4.59.